The molecule has 0 unspecified atom stereocenters. The van der Waals surface area contributed by atoms with Gasteiger partial charge in [0.25, 0.3) is 5.91 Å². The van der Waals surface area contributed by atoms with Crippen LogP contribution < -0.4 is 26.0 Å². The van der Waals surface area contributed by atoms with Gasteiger partial charge in [-0.1, -0.05) is 73.8 Å². The van der Waals surface area contributed by atoms with Gasteiger partial charge in [-0.2, -0.15) is 0 Å². The number of benzene rings is 2. The maximum Gasteiger partial charge on any atom is 0.328 e. The summed E-state index contributed by atoms with van der Waals surface area (Å²) < 4.78 is 29.8. The van der Waals surface area contributed by atoms with E-state index < -0.39 is 107 Å². The summed E-state index contributed by atoms with van der Waals surface area (Å²) in [6.07, 6.45) is 2.85. The molecule has 0 aromatic heterocycles. The highest BCUT2D eigenvalue weighted by atomic mass is 35.5. The number of primary amides is 1. The zero-order valence-electron chi connectivity index (χ0n) is 48.9. The maximum absolute atomic E-state index is 14.5. The molecule has 0 radical (unpaired) electrons. The van der Waals surface area contributed by atoms with Gasteiger partial charge in [0.2, 0.25) is 11.8 Å². The summed E-state index contributed by atoms with van der Waals surface area (Å²) in [6, 6.07) is 4.82. The fraction of sp³-hybridized carbons (Fsp3) is 0.583. The van der Waals surface area contributed by atoms with E-state index in [1.807, 2.05) is 26.8 Å². The Morgan fingerprint density at radius 2 is 1.71 bits per heavy atom. The largest absolute Gasteiger partial charge is 0.495 e. The molecule has 3 aliphatic heterocycles. The summed E-state index contributed by atoms with van der Waals surface area (Å²) >= 11 is 13.6. The summed E-state index contributed by atoms with van der Waals surface area (Å²) in [5.41, 5.74) is 4.58. The van der Waals surface area contributed by atoms with Crippen LogP contribution in [-0.2, 0) is 65.4 Å². The second-order valence-electron chi connectivity index (χ2n) is 22.6. The average Bonchev–Trinajstić information content (AvgIpc) is 2.52. The van der Waals surface area contributed by atoms with E-state index in [2.05, 4.69) is 10.6 Å². The zero-order chi connectivity index (χ0) is 61.0. The first-order valence-electron chi connectivity index (χ1n) is 27.8. The normalized spacial score (nSPS) is 25.0. The molecule has 5 rings (SSSR count). The predicted molar refractivity (Wildman–Crippen MR) is 307 cm³/mol. The van der Waals surface area contributed by atoms with Gasteiger partial charge in [-0.3, -0.25) is 28.8 Å². The van der Waals surface area contributed by atoms with E-state index in [0.29, 0.717) is 42.7 Å². The zero-order valence-corrected chi connectivity index (χ0v) is 50.4. The molecule has 3 heterocycles. The molecule has 0 saturated carbocycles. The third-order valence-electron chi connectivity index (χ3n) is 15.8. The van der Waals surface area contributed by atoms with Gasteiger partial charge < -0.3 is 59.8 Å². The van der Waals surface area contributed by atoms with Crippen molar-refractivity contribution in [1.82, 2.24) is 15.5 Å². The minimum atomic E-state index is -1.66. The second-order valence-corrected chi connectivity index (χ2v) is 23.4. The first-order valence-corrected chi connectivity index (χ1v) is 28.5. The molecule has 2 saturated heterocycles. The van der Waals surface area contributed by atoms with Crippen LogP contribution in [-0.4, -0.2) is 146 Å². The number of esters is 2. The number of methoxy groups -OCH3 is 2. The number of likely N-dealkylation sites (N-methyl/N-ethyl adjacent to an activating group) is 1. The Morgan fingerprint density at radius 1 is 1.01 bits per heavy atom. The lowest BCUT2D eigenvalue weighted by Crippen LogP contribution is -2.53. The Labute approximate surface area is 490 Å². The number of unbranched alkanes of at least 4 members (excludes halogenated alkanes) is 1. The van der Waals surface area contributed by atoms with Crippen molar-refractivity contribution in [2.24, 2.45) is 23.5 Å². The maximum atomic E-state index is 14.5. The van der Waals surface area contributed by atoms with E-state index in [0.717, 1.165) is 16.0 Å². The van der Waals surface area contributed by atoms with Crippen LogP contribution in [0.3, 0.4) is 0 Å². The molecular formula is C60H81Cl2N5O15. The molecule has 2 fully saturated rings. The number of ether oxygens (including phenoxy) is 5. The Kier molecular flexibility index (Phi) is 23.9. The molecular weight excluding hydrogens is 1100 g/mol. The molecule has 0 spiro atoms. The number of anilines is 1. The van der Waals surface area contributed by atoms with Crippen molar-refractivity contribution in [2.45, 2.75) is 173 Å². The first-order chi connectivity index (χ1) is 38.5. The number of fused-ring (bicyclic) bond motifs is 5. The minimum Gasteiger partial charge on any atom is -0.495 e. The topological polar surface area (TPSA) is 280 Å². The summed E-state index contributed by atoms with van der Waals surface area (Å²) in [5, 5.41) is 17.4. The third kappa shape index (κ3) is 17.4. The number of carbonyl (C=O) groups is 9. The minimum absolute atomic E-state index is 0.0170. The number of allylic oxidation sites excluding steroid dienone is 3. The summed E-state index contributed by atoms with van der Waals surface area (Å²) in [4.78, 5) is 122. The Balaban J connectivity index is 1.36. The number of halogens is 2. The number of urea groups is 1. The molecule has 0 aliphatic carbocycles. The number of rotatable bonds is 23. The van der Waals surface area contributed by atoms with Gasteiger partial charge in [-0.25, -0.2) is 9.59 Å². The summed E-state index contributed by atoms with van der Waals surface area (Å²) in [7, 11) is 5.80. The van der Waals surface area contributed by atoms with Crippen molar-refractivity contribution in [3.63, 3.8) is 0 Å². The number of carbonyl (C=O) groups excluding carboxylic acids is 9. The molecule has 22 heteroatoms. The highest BCUT2D eigenvalue weighted by Crippen LogP contribution is 2.50. The summed E-state index contributed by atoms with van der Waals surface area (Å²) in [5.74, 6) is -5.02. The highest BCUT2D eigenvalue weighted by molar-refractivity contribution is 6.35. The van der Waals surface area contributed by atoms with E-state index in [9.17, 15) is 48.3 Å². The molecule has 5 amide bonds. The van der Waals surface area contributed by atoms with Crippen LogP contribution in [0.4, 0.5) is 10.5 Å². The highest BCUT2D eigenvalue weighted by Gasteiger charge is 2.64. The van der Waals surface area contributed by atoms with E-state index in [1.165, 1.54) is 65.3 Å². The number of hydrogen-bond donors (Lipinski definition) is 4. The van der Waals surface area contributed by atoms with Crippen LogP contribution in [0.2, 0.25) is 10.0 Å². The van der Waals surface area contributed by atoms with Crippen molar-refractivity contribution in [1.29, 1.82) is 0 Å². The van der Waals surface area contributed by atoms with Gasteiger partial charge >= 0.3 is 18.0 Å². The molecule has 2 aromatic rings. The van der Waals surface area contributed by atoms with E-state index in [1.54, 1.807) is 38.1 Å². The fourth-order valence-corrected chi connectivity index (χ4v) is 11.2. The second kappa shape index (κ2) is 29.4. The van der Waals surface area contributed by atoms with Gasteiger partial charge in [0.05, 0.1) is 48.4 Å². The third-order valence-corrected chi connectivity index (χ3v) is 16.5. The monoisotopic (exact) mass is 1180 g/mol. The molecule has 2 aromatic carbocycles. The Bertz CT molecular complexity index is 2790. The summed E-state index contributed by atoms with van der Waals surface area (Å²) in [6.45, 7) is 12.0. The SMILES string of the molecule is COc1cc2cc(c1Cl)N(C)C(=O)C[C@H](OC(=O)[C@H](C)N(C)C(=O)c1ccc(CC(=O)[C@H](CCCNC(N)=O)NC(=O)[C@@H](CC(=O)CCCCC(C)=O)C(C)C)cc1Cl)[C@]1(C)O[C@H]1[C@H](C)[C@@H]1C[C@@](O)(CC(=O)O1)[C@H](OC)/C=C/C=C(\C)C2. The molecule has 450 valence electrons. The lowest BCUT2D eigenvalue weighted by atomic mass is 9.78. The lowest BCUT2D eigenvalue weighted by Gasteiger charge is -2.41. The van der Waals surface area contributed by atoms with Crippen LogP contribution in [0.5, 0.6) is 5.75 Å². The van der Waals surface area contributed by atoms with Crippen LogP contribution in [0.25, 0.3) is 0 Å². The first kappa shape index (κ1) is 66.6. The average molecular weight is 1180 g/mol. The Morgan fingerprint density at radius 3 is 2.34 bits per heavy atom. The number of nitrogens with zero attached hydrogens (tertiary/aromatic N) is 2. The van der Waals surface area contributed by atoms with Crippen LogP contribution in [0.15, 0.2) is 54.1 Å². The van der Waals surface area contributed by atoms with Crippen molar-refractivity contribution in [3.8, 4) is 5.75 Å². The lowest BCUT2D eigenvalue weighted by molar-refractivity contribution is -0.187. The van der Waals surface area contributed by atoms with E-state index in [-0.39, 0.29) is 84.6 Å². The number of ketones is 3. The molecule has 20 nitrogen and oxygen atoms in total. The molecule has 4 bridgehead atoms. The number of Topliss-reactive ketones (excluding diaryl/α,β-unsaturated/α-hetero) is 3. The molecule has 82 heavy (non-hydrogen) atoms. The van der Waals surface area contributed by atoms with Gasteiger partial charge in [-0.05, 0) is 101 Å². The smallest absolute Gasteiger partial charge is 0.328 e. The van der Waals surface area contributed by atoms with Gasteiger partial charge in [0.1, 0.15) is 57.9 Å². The van der Waals surface area contributed by atoms with Gasteiger partial charge in [0, 0.05) is 71.7 Å². The number of aliphatic hydroxyl groups is 1. The number of nitrogens with two attached hydrogens (primary N) is 1. The number of amides is 5. The van der Waals surface area contributed by atoms with Crippen molar-refractivity contribution >= 4 is 81.9 Å². The molecule has 10 atom stereocenters. The standard InChI is InChI=1S/C60H81Cl2N5O15/c1-33(2)42(29-40(69)18-13-12-17-35(4)68)55(73)65-44(19-15-23-64-58(63)76)46(70)27-38-21-22-41(43(61)25-38)56(74)66(8)37(6)57(75)81-50-30-51(71)67(9)45-26-39(28-47(78-10)53(45)62)24-34(3)16-14-20-49(79-11)60(77)31-48(80-52(72)32-60)36(5)54-59(50,7)82-54/h14,16,20-22,25-26,28,33,36-37,42,44,48-50,54,77H,12-13,15,17-19,23-24,27,29-32H2,1-11H3,(H,65,73)(H3,63,64,76)/b20-14+,34-16+/t36-,37+,42+,44+,48+,49-,50+,54+,59+,60-/m1/s1. The van der Waals surface area contributed by atoms with Crippen molar-refractivity contribution in [2.75, 3.05) is 39.8 Å². The van der Waals surface area contributed by atoms with Gasteiger partial charge in [0.15, 0.2) is 5.78 Å². The van der Waals surface area contributed by atoms with Gasteiger partial charge in [-0.15, -0.1) is 0 Å². The van der Waals surface area contributed by atoms with Crippen molar-refractivity contribution < 1.29 is 71.9 Å². The van der Waals surface area contributed by atoms with Crippen LogP contribution >= 0.6 is 23.2 Å². The van der Waals surface area contributed by atoms with Crippen molar-refractivity contribution in [3.05, 3.63) is 80.9 Å². The van der Waals surface area contributed by atoms with E-state index in [4.69, 9.17) is 52.6 Å². The van der Waals surface area contributed by atoms with Crippen LogP contribution in [0.1, 0.15) is 134 Å². The number of epoxide rings is 1. The molecule has 5 N–H and O–H groups in total. The quantitative estimate of drug-likeness (QED) is 0.0488. The van der Waals surface area contributed by atoms with E-state index >= 15 is 0 Å². The molecule has 3 aliphatic rings. The van der Waals surface area contributed by atoms with Crippen LogP contribution in [0, 0.1) is 17.8 Å². The Hall–Kier alpha value is -6.19. The predicted octanol–water partition coefficient (Wildman–Crippen LogP) is 7.16. The number of hydrogen-bond acceptors (Lipinski definition) is 15. The number of nitrogens with one attached hydrogen (secondary N) is 2. The fourth-order valence-electron chi connectivity index (χ4n) is 10.6.